The minimum absolute atomic E-state index is 0.131. The van der Waals surface area contributed by atoms with Crippen LogP contribution in [-0.4, -0.2) is 71.5 Å². The second-order valence-electron chi connectivity index (χ2n) is 9.27. The summed E-state index contributed by atoms with van der Waals surface area (Å²) in [5.41, 5.74) is 0.823. The van der Waals surface area contributed by atoms with Crippen molar-refractivity contribution in [2.75, 3.05) is 18.6 Å². The summed E-state index contributed by atoms with van der Waals surface area (Å²) in [7, 11) is 0. The van der Waals surface area contributed by atoms with Crippen LogP contribution in [0.25, 0.3) is 0 Å². The van der Waals surface area contributed by atoms with Gasteiger partial charge in [-0.2, -0.15) is 11.8 Å². The zero-order valence-corrected chi connectivity index (χ0v) is 21.5. The number of amides is 3. The lowest BCUT2D eigenvalue weighted by molar-refractivity contribution is -0.142. The highest BCUT2D eigenvalue weighted by molar-refractivity contribution is 7.98. The number of benzene rings is 1. The van der Waals surface area contributed by atoms with Crippen LogP contribution in [0.1, 0.15) is 45.1 Å². The maximum absolute atomic E-state index is 13.3. The van der Waals surface area contributed by atoms with E-state index in [-0.39, 0.29) is 30.7 Å². The first-order valence-corrected chi connectivity index (χ1v) is 13.5. The molecule has 1 aromatic rings. The SMILES string of the molecule is CSCCC(NC(=O)C(Cc1ccccc1)NC(=O)C(CC(C)C)NC(=O)C1CCCN1)C(=O)O. The van der Waals surface area contributed by atoms with Crippen LogP contribution in [0.2, 0.25) is 0 Å². The summed E-state index contributed by atoms with van der Waals surface area (Å²) in [5.74, 6) is -1.67. The van der Waals surface area contributed by atoms with Crippen LogP contribution in [0.3, 0.4) is 0 Å². The maximum atomic E-state index is 13.3. The van der Waals surface area contributed by atoms with E-state index in [0.717, 1.165) is 18.5 Å². The lowest BCUT2D eigenvalue weighted by Crippen LogP contribution is -2.57. The summed E-state index contributed by atoms with van der Waals surface area (Å²) < 4.78 is 0. The molecule has 0 radical (unpaired) electrons. The normalized spacial score (nSPS) is 17.9. The van der Waals surface area contributed by atoms with Gasteiger partial charge in [0.25, 0.3) is 0 Å². The van der Waals surface area contributed by atoms with E-state index in [1.54, 1.807) is 0 Å². The highest BCUT2D eigenvalue weighted by Gasteiger charge is 2.31. The third-order valence-corrected chi connectivity index (χ3v) is 6.50. The molecule has 1 aromatic carbocycles. The van der Waals surface area contributed by atoms with E-state index in [9.17, 15) is 24.3 Å². The second kappa shape index (κ2) is 14.7. The standard InChI is InChI=1S/C25H38N4O5S/c1-16(2)14-20(28-22(30)18-10-7-12-26-18)23(31)29-21(15-17-8-5-4-6-9-17)24(32)27-19(25(33)34)11-13-35-3/h4-6,8-9,16,18-21,26H,7,10-15H2,1-3H3,(H,27,32)(H,28,30)(H,29,31)(H,33,34). The van der Waals surface area contributed by atoms with Gasteiger partial charge in [0, 0.05) is 6.42 Å². The zero-order chi connectivity index (χ0) is 25.8. The van der Waals surface area contributed by atoms with Crippen molar-refractivity contribution in [2.24, 2.45) is 5.92 Å². The van der Waals surface area contributed by atoms with Crippen LogP contribution in [0.15, 0.2) is 30.3 Å². The van der Waals surface area contributed by atoms with E-state index in [4.69, 9.17) is 0 Å². The van der Waals surface area contributed by atoms with Crippen LogP contribution < -0.4 is 21.3 Å². The molecule has 1 fully saturated rings. The number of thioether (sulfide) groups is 1. The summed E-state index contributed by atoms with van der Waals surface area (Å²) >= 11 is 1.49. The quantitative estimate of drug-likeness (QED) is 0.257. The first kappa shape index (κ1) is 28.6. The van der Waals surface area contributed by atoms with Gasteiger partial charge in [0.15, 0.2) is 0 Å². The van der Waals surface area contributed by atoms with Crippen LogP contribution >= 0.6 is 11.8 Å². The first-order valence-electron chi connectivity index (χ1n) is 12.1. The molecule has 1 aliphatic heterocycles. The third kappa shape index (κ3) is 9.89. The van der Waals surface area contributed by atoms with Crippen LogP contribution in [0.5, 0.6) is 0 Å². The summed E-state index contributed by atoms with van der Waals surface area (Å²) in [5, 5.41) is 20.9. The van der Waals surface area contributed by atoms with E-state index < -0.39 is 35.9 Å². The molecule has 1 heterocycles. The Kier molecular flexibility index (Phi) is 12.1. The molecule has 1 saturated heterocycles. The van der Waals surface area contributed by atoms with Crippen LogP contribution in [0.4, 0.5) is 0 Å². The number of rotatable bonds is 14. The fraction of sp³-hybridized carbons (Fsp3) is 0.600. The molecule has 0 saturated carbocycles. The Morgan fingerprint density at radius 1 is 1.03 bits per heavy atom. The molecule has 0 spiro atoms. The topological polar surface area (TPSA) is 137 Å². The molecule has 4 atom stereocenters. The molecular weight excluding hydrogens is 468 g/mol. The van der Waals surface area contributed by atoms with Crippen LogP contribution in [-0.2, 0) is 25.6 Å². The van der Waals surface area contributed by atoms with Crippen molar-refractivity contribution in [1.29, 1.82) is 0 Å². The molecule has 10 heteroatoms. The number of hydrogen-bond donors (Lipinski definition) is 5. The van der Waals surface area contributed by atoms with Gasteiger partial charge in [-0.3, -0.25) is 14.4 Å². The average molecular weight is 507 g/mol. The maximum Gasteiger partial charge on any atom is 0.326 e. The summed E-state index contributed by atoms with van der Waals surface area (Å²) in [6, 6.07) is 6.04. The van der Waals surface area contributed by atoms with Gasteiger partial charge in [-0.15, -0.1) is 0 Å². The van der Waals surface area contributed by atoms with Gasteiger partial charge in [-0.05, 0) is 55.7 Å². The summed E-state index contributed by atoms with van der Waals surface area (Å²) in [4.78, 5) is 50.8. The minimum Gasteiger partial charge on any atom is -0.480 e. The number of carbonyl (C=O) groups is 4. The van der Waals surface area contributed by atoms with Gasteiger partial charge in [0.1, 0.15) is 18.1 Å². The number of carbonyl (C=O) groups excluding carboxylic acids is 3. The molecule has 4 unspecified atom stereocenters. The molecule has 0 aromatic heterocycles. The molecule has 194 valence electrons. The van der Waals surface area contributed by atoms with Crippen LogP contribution in [0, 0.1) is 5.92 Å². The first-order chi connectivity index (χ1) is 16.7. The minimum atomic E-state index is -1.12. The van der Waals surface area contributed by atoms with E-state index in [0.29, 0.717) is 18.6 Å². The van der Waals surface area contributed by atoms with Gasteiger partial charge in [-0.25, -0.2) is 4.79 Å². The Morgan fingerprint density at radius 3 is 2.26 bits per heavy atom. The Labute approximate surface area is 211 Å². The predicted octanol–water partition coefficient (Wildman–Crippen LogP) is 1.32. The zero-order valence-electron chi connectivity index (χ0n) is 20.7. The van der Waals surface area contributed by atoms with E-state index in [2.05, 4.69) is 21.3 Å². The van der Waals surface area contributed by atoms with Crippen molar-refractivity contribution >= 4 is 35.5 Å². The Balaban J connectivity index is 2.17. The Hall–Kier alpha value is -2.59. The molecule has 9 nitrogen and oxygen atoms in total. The number of aliphatic carboxylic acids is 1. The highest BCUT2D eigenvalue weighted by Crippen LogP contribution is 2.11. The molecule has 0 bridgehead atoms. The number of nitrogens with one attached hydrogen (secondary N) is 4. The van der Waals surface area contributed by atoms with Crippen molar-refractivity contribution in [3.8, 4) is 0 Å². The van der Waals surface area contributed by atoms with Crippen molar-refractivity contribution in [3.63, 3.8) is 0 Å². The predicted molar refractivity (Wildman–Crippen MR) is 137 cm³/mol. The number of carboxylic acid groups (broad SMARTS) is 1. The number of carboxylic acids is 1. The fourth-order valence-corrected chi connectivity index (χ4v) is 4.45. The van der Waals surface area contributed by atoms with Crippen molar-refractivity contribution in [1.82, 2.24) is 21.3 Å². The van der Waals surface area contributed by atoms with Crippen molar-refractivity contribution in [2.45, 2.75) is 70.1 Å². The smallest absolute Gasteiger partial charge is 0.326 e. The van der Waals surface area contributed by atoms with Gasteiger partial charge in [0.2, 0.25) is 17.7 Å². The molecular formula is C25H38N4O5S. The van der Waals surface area contributed by atoms with Gasteiger partial charge in [-0.1, -0.05) is 44.2 Å². The Morgan fingerprint density at radius 2 is 1.69 bits per heavy atom. The lowest BCUT2D eigenvalue weighted by Gasteiger charge is -2.26. The van der Waals surface area contributed by atoms with E-state index in [1.807, 2.05) is 50.4 Å². The lowest BCUT2D eigenvalue weighted by atomic mass is 10.0. The average Bonchev–Trinajstić information content (AvgIpc) is 3.36. The molecule has 5 N–H and O–H groups in total. The largest absolute Gasteiger partial charge is 0.480 e. The molecule has 3 amide bonds. The molecule has 35 heavy (non-hydrogen) atoms. The van der Waals surface area contributed by atoms with Crippen molar-refractivity contribution in [3.05, 3.63) is 35.9 Å². The van der Waals surface area contributed by atoms with Gasteiger partial charge in [0.05, 0.1) is 6.04 Å². The summed E-state index contributed by atoms with van der Waals surface area (Å²) in [6.45, 7) is 4.68. The molecule has 0 aliphatic carbocycles. The van der Waals surface area contributed by atoms with Crippen molar-refractivity contribution < 1.29 is 24.3 Å². The monoisotopic (exact) mass is 506 g/mol. The van der Waals surface area contributed by atoms with E-state index >= 15 is 0 Å². The molecule has 2 rings (SSSR count). The highest BCUT2D eigenvalue weighted by atomic mass is 32.2. The Bertz CT molecular complexity index is 846. The molecule has 1 aliphatic rings. The van der Waals surface area contributed by atoms with E-state index in [1.165, 1.54) is 11.8 Å². The van der Waals surface area contributed by atoms with Gasteiger partial charge >= 0.3 is 5.97 Å². The second-order valence-corrected chi connectivity index (χ2v) is 10.3. The summed E-state index contributed by atoms with van der Waals surface area (Å²) in [6.07, 6.45) is 4.36. The number of hydrogen-bond acceptors (Lipinski definition) is 6. The third-order valence-electron chi connectivity index (χ3n) is 5.86. The van der Waals surface area contributed by atoms with Gasteiger partial charge < -0.3 is 26.4 Å². The fourth-order valence-electron chi connectivity index (χ4n) is 3.98.